The normalized spacial score (nSPS) is 10.7. The van der Waals surface area contributed by atoms with Crippen molar-refractivity contribution in [1.82, 2.24) is 9.55 Å². The Hall–Kier alpha value is -2.84. The van der Waals surface area contributed by atoms with Crippen molar-refractivity contribution >= 4 is 11.6 Å². The number of para-hydroxylation sites is 1. The van der Waals surface area contributed by atoms with E-state index >= 15 is 0 Å². The molecule has 0 amide bonds. The first-order chi connectivity index (χ1) is 11.8. The summed E-state index contributed by atoms with van der Waals surface area (Å²) in [6.45, 7) is 0. The van der Waals surface area contributed by atoms with Crippen LogP contribution >= 0.6 is 11.6 Å². The highest BCUT2D eigenvalue weighted by Gasteiger charge is 2.14. The number of hydrogen-bond donors (Lipinski definition) is 0. The van der Waals surface area contributed by atoms with Crippen molar-refractivity contribution in [3.8, 4) is 28.3 Å². The minimum Gasteiger partial charge on any atom is -0.299 e. The molecule has 0 fully saturated rings. The average Bonchev–Trinajstić information content (AvgIpc) is 3.09. The second-order valence-corrected chi connectivity index (χ2v) is 5.91. The zero-order valence-corrected chi connectivity index (χ0v) is 13.7. The number of hydrogen-bond acceptors (Lipinski definition) is 1. The summed E-state index contributed by atoms with van der Waals surface area (Å²) >= 11 is 6.42. The second kappa shape index (κ2) is 6.34. The summed E-state index contributed by atoms with van der Waals surface area (Å²) in [5.41, 5.74) is 3.99. The molecule has 1 heterocycles. The summed E-state index contributed by atoms with van der Waals surface area (Å²) in [5.74, 6) is 0.839. The van der Waals surface area contributed by atoms with Gasteiger partial charge in [-0.1, -0.05) is 72.3 Å². The summed E-state index contributed by atoms with van der Waals surface area (Å²) in [6.07, 6.45) is 2.06. The van der Waals surface area contributed by atoms with Gasteiger partial charge in [-0.15, -0.1) is 0 Å². The molecule has 4 rings (SSSR count). The van der Waals surface area contributed by atoms with Crippen molar-refractivity contribution in [1.29, 1.82) is 0 Å². The zero-order chi connectivity index (χ0) is 16.4. The minimum atomic E-state index is 0.694. The van der Waals surface area contributed by atoms with Crippen LogP contribution in [0, 0.1) is 0 Å². The van der Waals surface area contributed by atoms with Gasteiger partial charge in [0, 0.05) is 23.0 Å². The van der Waals surface area contributed by atoms with Crippen molar-refractivity contribution in [2.24, 2.45) is 0 Å². The van der Waals surface area contributed by atoms with Gasteiger partial charge in [0.05, 0.1) is 10.7 Å². The minimum absolute atomic E-state index is 0.694. The van der Waals surface area contributed by atoms with E-state index in [1.807, 2.05) is 60.7 Å². The third kappa shape index (κ3) is 2.72. The first-order valence-electron chi connectivity index (χ1n) is 7.78. The SMILES string of the molecule is Clc1ccccc1-c1nc(-c2ccccc2)cn1-c1ccccc1. The number of imidazole rings is 1. The zero-order valence-electron chi connectivity index (χ0n) is 12.9. The Labute approximate surface area is 146 Å². The number of nitrogens with zero attached hydrogens (tertiary/aromatic N) is 2. The fourth-order valence-electron chi connectivity index (χ4n) is 2.75. The Balaban J connectivity index is 1.94. The fraction of sp³-hybridized carbons (Fsp3) is 0. The highest BCUT2D eigenvalue weighted by atomic mass is 35.5. The highest BCUT2D eigenvalue weighted by molar-refractivity contribution is 6.33. The molecule has 0 radical (unpaired) electrons. The maximum absolute atomic E-state index is 6.42. The average molecular weight is 331 g/mol. The standard InChI is InChI=1S/C21H15ClN2/c22-19-14-8-7-13-18(19)21-23-20(16-9-3-1-4-10-16)15-24(21)17-11-5-2-6-12-17/h1-15H. The van der Waals surface area contributed by atoms with Gasteiger partial charge in [0.1, 0.15) is 5.82 Å². The highest BCUT2D eigenvalue weighted by Crippen LogP contribution is 2.31. The third-order valence-corrected chi connectivity index (χ3v) is 4.25. The monoisotopic (exact) mass is 330 g/mol. The van der Waals surface area contributed by atoms with Gasteiger partial charge < -0.3 is 0 Å². The van der Waals surface area contributed by atoms with Crippen LogP contribution in [0.15, 0.2) is 91.1 Å². The Bertz CT molecular complexity index is 960. The van der Waals surface area contributed by atoms with Crippen LogP contribution < -0.4 is 0 Å². The molecule has 0 saturated carbocycles. The van der Waals surface area contributed by atoms with Gasteiger partial charge in [-0.25, -0.2) is 4.98 Å². The Morgan fingerprint density at radius 1 is 0.708 bits per heavy atom. The van der Waals surface area contributed by atoms with Gasteiger partial charge in [-0.05, 0) is 24.3 Å². The molecule has 0 aliphatic rings. The maximum atomic E-state index is 6.42. The molecule has 0 spiro atoms. The lowest BCUT2D eigenvalue weighted by molar-refractivity contribution is 1.07. The van der Waals surface area contributed by atoms with Crippen LogP contribution in [0.3, 0.4) is 0 Å². The Kier molecular flexibility index (Phi) is 3.89. The summed E-state index contributed by atoms with van der Waals surface area (Å²) in [7, 11) is 0. The van der Waals surface area contributed by atoms with Gasteiger partial charge in [-0.3, -0.25) is 4.57 Å². The molecule has 0 N–H and O–H groups in total. The van der Waals surface area contributed by atoms with Crippen molar-refractivity contribution in [2.45, 2.75) is 0 Å². The van der Waals surface area contributed by atoms with Crippen LogP contribution in [0.2, 0.25) is 5.02 Å². The largest absolute Gasteiger partial charge is 0.299 e. The molecule has 3 aromatic carbocycles. The van der Waals surface area contributed by atoms with Crippen LogP contribution in [-0.4, -0.2) is 9.55 Å². The van der Waals surface area contributed by atoms with Crippen LogP contribution in [0.1, 0.15) is 0 Å². The number of aromatic nitrogens is 2. The van der Waals surface area contributed by atoms with Gasteiger partial charge in [0.25, 0.3) is 0 Å². The molecule has 3 heteroatoms. The summed E-state index contributed by atoms with van der Waals surface area (Å²) < 4.78 is 2.09. The molecule has 0 atom stereocenters. The predicted octanol–water partition coefficient (Wildman–Crippen LogP) is 5.86. The van der Waals surface area contributed by atoms with Gasteiger partial charge >= 0.3 is 0 Å². The molecular weight excluding hydrogens is 316 g/mol. The second-order valence-electron chi connectivity index (χ2n) is 5.50. The van der Waals surface area contributed by atoms with Crippen molar-refractivity contribution in [3.63, 3.8) is 0 Å². The van der Waals surface area contributed by atoms with E-state index in [4.69, 9.17) is 16.6 Å². The summed E-state index contributed by atoms with van der Waals surface area (Å²) in [6, 6.07) is 28.2. The third-order valence-electron chi connectivity index (χ3n) is 3.92. The Morgan fingerprint density at radius 3 is 2.04 bits per heavy atom. The molecular formula is C21H15ClN2. The Morgan fingerprint density at radius 2 is 1.33 bits per heavy atom. The lowest BCUT2D eigenvalue weighted by atomic mass is 10.2. The molecule has 0 bridgehead atoms. The summed E-state index contributed by atoms with van der Waals surface area (Å²) in [4.78, 5) is 4.87. The van der Waals surface area contributed by atoms with Gasteiger partial charge in [0.2, 0.25) is 0 Å². The van der Waals surface area contributed by atoms with E-state index in [2.05, 4.69) is 35.0 Å². The van der Waals surface area contributed by atoms with Gasteiger partial charge in [-0.2, -0.15) is 0 Å². The quantitative estimate of drug-likeness (QED) is 0.460. The smallest absolute Gasteiger partial charge is 0.146 e. The van der Waals surface area contributed by atoms with Crippen LogP contribution in [0.5, 0.6) is 0 Å². The molecule has 2 nitrogen and oxygen atoms in total. The van der Waals surface area contributed by atoms with Crippen LogP contribution in [0.25, 0.3) is 28.3 Å². The number of rotatable bonds is 3. The fourth-order valence-corrected chi connectivity index (χ4v) is 2.97. The lowest BCUT2D eigenvalue weighted by Gasteiger charge is -2.08. The lowest BCUT2D eigenvalue weighted by Crippen LogP contribution is -1.96. The van der Waals surface area contributed by atoms with E-state index < -0.39 is 0 Å². The van der Waals surface area contributed by atoms with E-state index in [0.29, 0.717) is 5.02 Å². The van der Waals surface area contributed by atoms with Crippen LogP contribution in [-0.2, 0) is 0 Å². The van der Waals surface area contributed by atoms with Crippen molar-refractivity contribution in [3.05, 3.63) is 96.1 Å². The number of benzene rings is 3. The first kappa shape index (κ1) is 14.7. The molecule has 4 aromatic rings. The van der Waals surface area contributed by atoms with Crippen LogP contribution in [0.4, 0.5) is 0 Å². The molecule has 24 heavy (non-hydrogen) atoms. The van der Waals surface area contributed by atoms with Gasteiger partial charge in [0.15, 0.2) is 0 Å². The van der Waals surface area contributed by atoms with E-state index in [9.17, 15) is 0 Å². The summed E-state index contributed by atoms with van der Waals surface area (Å²) in [5, 5.41) is 0.694. The van der Waals surface area contributed by atoms with E-state index in [1.54, 1.807) is 0 Å². The van der Waals surface area contributed by atoms with E-state index in [-0.39, 0.29) is 0 Å². The predicted molar refractivity (Wildman–Crippen MR) is 99.4 cm³/mol. The molecule has 116 valence electrons. The molecule has 1 aromatic heterocycles. The molecule has 0 aliphatic carbocycles. The van der Waals surface area contributed by atoms with E-state index in [0.717, 1.165) is 28.3 Å². The first-order valence-corrected chi connectivity index (χ1v) is 8.16. The van der Waals surface area contributed by atoms with E-state index in [1.165, 1.54) is 0 Å². The maximum Gasteiger partial charge on any atom is 0.146 e. The van der Waals surface area contributed by atoms with Crippen molar-refractivity contribution < 1.29 is 0 Å². The molecule has 0 aliphatic heterocycles. The van der Waals surface area contributed by atoms with Crippen molar-refractivity contribution in [2.75, 3.05) is 0 Å². The number of halogens is 1. The topological polar surface area (TPSA) is 17.8 Å². The molecule has 0 unspecified atom stereocenters. The molecule has 0 saturated heterocycles.